The first-order valence-electron chi connectivity index (χ1n) is 5.22. The van der Waals surface area contributed by atoms with Gasteiger partial charge in [0.15, 0.2) is 0 Å². The van der Waals surface area contributed by atoms with Crippen molar-refractivity contribution < 1.29 is 13.2 Å². The van der Waals surface area contributed by atoms with Crippen LogP contribution in [0.15, 0.2) is 6.07 Å². The van der Waals surface area contributed by atoms with Gasteiger partial charge in [-0.3, -0.25) is 4.68 Å². The van der Waals surface area contributed by atoms with E-state index in [2.05, 4.69) is 5.10 Å². The predicted molar refractivity (Wildman–Crippen MR) is 59.5 cm³/mol. The topological polar surface area (TPSA) is 17.8 Å². The Labute approximate surface area is 97.2 Å². The molecule has 0 spiro atoms. The molecule has 1 aromatic heterocycles. The lowest BCUT2D eigenvalue weighted by Crippen LogP contribution is -2.10. The van der Waals surface area contributed by atoms with E-state index in [9.17, 15) is 13.2 Å². The van der Waals surface area contributed by atoms with Crippen molar-refractivity contribution in [1.82, 2.24) is 9.78 Å². The second kappa shape index (κ2) is 5.61. The highest BCUT2D eigenvalue weighted by molar-refractivity contribution is 8.00. The van der Waals surface area contributed by atoms with E-state index in [1.165, 1.54) is 0 Å². The van der Waals surface area contributed by atoms with Crippen LogP contribution in [0.1, 0.15) is 25.2 Å². The Bertz CT molecular complexity index is 333. The summed E-state index contributed by atoms with van der Waals surface area (Å²) < 4.78 is 37.5. The molecule has 0 N–H and O–H groups in total. The van der Waals surface area contributed by atoms with E-state index >= 15 is 0 Å². The van der Waals surface area contributed by atoms with Gasteiger partial charge >= 0.3 is 5.51 Å². The number of aryl methyl sites for hydroxylation is 3. The standard InChI is InChI=1S/C10H15F3N2S/c1-3-8-7-9(4-2)15(14-8)5-6-16-10(11,12)13/h7H,3-6H2,1-2H3. The van der Waals surface area contributed by atoms with Crippen molar-refractivity contribution in [2.45, 2.75) is 38.7 Å². The van der Waals surface area contributed by atoms with Crippen molar-refractivity contribution in [2.24, 2.45) is 0 Å². The van der Waals surface area contributed by atoms with Gasteiger partial charge in [-0.15, -0.1) is 0 Å². The van der Waals surface area contributed by atoms with Gasteiger partial charge in [-0.25, -0.2) is 0 Å². The molecule has 0 aromatic carbocycles. The fourth-order valence-electron chi connectivity index (χ4n) is 1.41. The van der Waals surface area contributed by atoms with Gasteiger partial charge in [0.05, 0.1) is 12.2 Å². The third-order valence-electron chi connectivity index (χ3n) is 2.21. The molecular formula is C10H15F3N2S. The molecule has 2 nitrogen and oxygen atoms in total. The monoisotopic (exact) mass is 252 g/mol. The van der Waals surface area contributed by atoms with E-state index in [0.717, 1.165) is 24.2 Å². The average molecular weight is 252 g/mol. The van der Waals surface area contributed by atoms with Crippen LogP contribution in [0.5, 0.6) is 0 Å². The number of halogens is 3. The number of rotatable bonds is 5. The normalized spacial score (nSPS) is 12.1. The molecule has 0 radical (unpaired) electrons. The zero-order valence-corrected chi connectivity index (χ0v) is 10.2. The van der Waals surface area contributed by atoms with E-state index in [4.69, 9.17) is 0 Å². The molecule has 1 aromatic rings. The number of hydrogen-bond donors (Lipinski definition) is 0. The second-order valence-electron chi connectivity index (χ2n) is 3.35. The highest BCUT2D eigenvalue weighted by atomic mass is 32.2. The fourth-order valence-corrected chi connectivity index (χ4v) is 1.91. The lowest BCUT2D eigenvalue weighted by molar-refractivity contribution is -0.0328. The maximum absolute atomic E-state index is 11.9. The van der Waals surface area contributed by atoms with Crippen LogP contribution in [-0.2, 0) is 19.4 Å². The van der Waals surface area contributed by atoms with Crippen LogP contribution < -0.4 is 0 Å². The molecule has 0 amide bonds. The van der Waals surface area contributed by atoms with E-state index in [1.807, 2.05) is 19.9 Å². The summed E-state index contributed by atoms with van der Waals surface area (Å²) in [6.07, 6.45) is 1.61. The minimum absolute atomic E-state index is 0.00362. The Hall–Kier alpha value is -0.650. The van der Waals surface area contributed by atoms with Crippen molar-refractivity contribution in [1.29, 1.82) is 0 Å². The number of hydrogen-bond acceptors (Lipinski definition) is 2. The molecule has 16 heavy (non-hydrogen) atoms. The first-order valence-corrected chi connectivity index (χ1v) is 6.21. The lowest BCUT2D eigenvalue weighted by Gasteiger charge is -2.07. The average Bonchev–Trinajstić information content (AvgIpc) is 2.58. The zero-order valence-electron chi connectivity index (χ0n) is 9.34. The summed E-state index contributed by atoms with van der Waals surface area (Å²) in [4.78, 5) is 0. The molecule has 0 fully saturated rings. The third-order valence-corrected chi connectivity index (χ3v) is 2.92. The number of aromatic nitrogens is 2. The van der Waals surface area contributed by atoms with E-state index in [1.54, 1.807) is 4.68 Å². The third kappa shape index (κ3) is 4.08. The Balaban J connectivity index is 2.55. The SMILES string of the molecule is CCc1cc(CC)n(CCSC(F)(F)F)n1. The van der Waals surface area contributed by atoms with Crippen LogP contribution in [0.2, 0.25) is 0 Å². The number of nitrogens with zero attached hydrogens (tertiary/aromatic N) is 2. The van der Waals surface area contributed by atoms with Gasteiger partial charge < -0.3 is 0 Å². The van der Waals surface area contributed by atoms with Crippen LogP contribution in [0.3, 0.4) is 0 Å². The first-order chi connectivity index (χ1) is 7.46. The molecule has 92 valence electrons. The highest BCUT2D eigenvalue weighted by Crippen LogP contribution is 2.30. The maximum Gasteiger partial charge on any atom is 0.441 e. The van der Waals surface area contributed by atoms with Gasteiger partial charge in [0, 0.05) is 11.4 Å². The summed E-state index contributed by atoms with van der Waals surface area (Å²) in [6.45, 7) is 4.27. The van der Waals surface area contributed by atoms with Gasteiger partial charge in [-0.2, -0.15) is 18.3 Å². The Morgan fingerprint density at radius 2 is 2.00 bits per heavy atom. The van der Waals surface area contributed by atoms with E-state index < -0.39 is 5.51 Å². The second-order valence-corrected chi connectivity index (χ2v) is 4.51. The molecule has 0 atom stereocenters. The molecule has 0 unspecified atom stereocenters. The Morgan fingerprint density at radius 3 is 2.50 bits per heavy atom. The molecule has 6 heteroatoms. The summed E-state index contributed by atoms with van der Waals surface area (Å²) in [5, 5.41) is 4.26. The number of alkyl halides is 3. The largest absolute Gasteiger partial charge is 0.441 e. The minimum Gasteiger partial charge on any atom is -0.269 e. The predicted octanol–water partition coefficient (Wildman–Crippen LogP) is 3.26. The van der Waals surface area contributed by atoms with Gasteiger partial charge in [0.25, 0.3) is 0 Å². The fraction of sp³-hybridized carbons (Fsp3) is 0.700. The smallest absolute Gasteiger partial charge is 0.269 e. The van der Waals surface area contributed by atoms with Gasteiger partial charge in [0.2, 0.25) is 0 Å². The van der Waals surface area contributed by atoms with Crippen LogP contribution in [0.25, 0.3) is 0 Å². The zero-order chi connectivity index (χ0) is 12.2. The van der Waals surface area contributed by atoms with Crippen molar-refractivity contribution in [3.05, 3.63) is 17.5 Å². The molecule has 0 aliphatic heterocycles. The summed E-state index contributed by atoms with van der Waals surface area (Å²) >= 11 is 0.00362. The Kier molecular flexibility index (Phi) is 4.70. The molecule has 1 rings (SSSR count). The molecule has 0 saturated carbocycles. The van der Waals surface area contributed by atoms with Gasteiger partial charge in [0.1, 0.15) is 0 Å². The highest BCUT2D eigenvalue weighted by Gasteiger charge is 2.27. The quantitative estimate of drug-likeness (QED) is 0.800. The molecule has 0 aliphatic rings. The van der Waals surface area contributed by atoms with E-state index in [-0.39, 0.29) is 17.5 Å². The number of thioether (sulfide) groups is 1. The molecule has 0 bridgehead atoms. The van der Waals surface area contributed by atoms with Crippen molar-refractivity contribution >= 4 is 11.8 Å². The maximum atomic E-state index is 11.9. The van der Waals surface area contributed by atoms with Crippen molar-refractivity contribution in [3.8, 4) is 0 Å². The molecule has 0 saturated heterocycles. The summed E-state index contributed by atoms with van der Waals surface area (Å²) in [5.74, 6) is 0.0152. The van der Waals surface area contributed by atoms with Crippen molar-refractivity contribution in [3.63, 3.8) is 0 Å². The van der Waals surface area contributed by atoms with Crippen LogP contribution in [0, 0.1) is 0 Å². The van der Waals surface area contributed by atoms with Crippen LogP contribution in [0.4, 0.5) is 13.2 Å². The Morgan fingerprint density at radius 1 is 1.31 bits per heavy atom. The van der Waals surface area contributed by atoms with Crippen molar-refractivity contribution in [2.75, 3.05) is 5.75 Å². The summed E-state index contributed by atoms with van der Waals surface area (Å²) in [7, 11) is 0. The molecular weight excluding hydrogens is 237 g/mol. The van der Waals surface area contributed by atoms with E-state index in [0.29, 0.717) is 6.54 Å². The van der Waals surface area contributed by atoms with Crippen LogP contribution >= 0.6 is 11.8 Å². The summed E-state index contributed by atoms with van der Waals surface area (Å²) in [5.41, 5.74) is -2.21. The molecule has 1 heterocycles. The van der Waals surface area contributed by atoms with Gasteiger partial charge in [-0.1, -0.05) is 13.8 Å². The first kappa shape index (κ1) is 13.4. The van der Waals surface area contributed by atoms with Gasteiger partial charge in [-0.05, 0) is 30.7 Å². The minimum atomic E-state index is -4.15. The summed E-state index contributed by atoms with van der Waals surface area (Å²) in [6, 6.07) is 1.96. The lowest BCUT2D eigenvalue weighted by atomic mass is 10.3. The molecule has 0 aliphatic carbocycles. The van der Waals surface area contributed by atoms with Crippen LogP contribution in [-0.4, -0.2) is 21.0 Å².